The second-order valence-electron chi connectivity index (χ2n) is 4.81. The van der Waals surface area contributed by atoms with Crippen molar-refractivity contribution < 1.29 is 50.6 Å². The van der Waals surface area contributed by atoms with Gasteiger partial charge in [-0.2, -0.15) is 25.3 Å². The van der Waals surface area contributed by atoms with Crippen LogP contribution in [-0.4, -0.2) is 16.2 Å². The van der Waals surface area contributed by atoms with Gasteiger partial charge in [-0.3, -0.25) is 9.36 Å². The van der Waals surface area contributed by atoms with Crippen LogP contribution in [0.5, 0.6) is 5.75 Å². The van der Waals surface area contributed by atoms with Crippen LogP contribution in [0.2, 0.25) is 0 Å². The van der Waals surface area contributed by atoms with Crippen LogP contribution in [0, 0.1) is 17.8 Å². The molecule has 2 N–H and O–H groups in total. The van der Waals surface area contributed by atoms with Gasteiger partial charge >= 0.3 is 6.18 Å². The Morgan fingerprint density at radius 1 is 1.38 bits per heavy atom. The zero-order valence-electron chi connectivity index (χ0n) is 13.1. The number of anilines is 1. The van der Waals surface area contributed by atoms with Crippen molar-refractivity contribution in [1.29, 1.82) is 0 Å². The predicted molar refractivity (Wildman–Crippen MR) is 81.4 cm³/mol. The molecule has 0 fully saturated rings. The Kier molecular flexibility index (Phi) is 6.40. The summed E-state index contributed by atoms with van der Waals surface area (Å²) in [6, 6.07) is 4.75. The molecule has 0 saturated heterocycles. The maximum Gasteiger partial charge on any atom is 0.431 e. The monoisotopic (exact) mass is 433 g/mol. The largest absolute Gasteiger partial charge is 0.550 e. The van der Waals surface area contributed by atoms with E-state index in [1.54, 1.807) is 6.92 Å². The number of aryl methyl sites for hydroxylation is 1. The number of halogens is 3. The molecule has 10 heteroatoms. The van der Waals surface area contributed by atoms with Gasteiger partial charge in [0.2, 0.25) is 0 Å². The summed E-state index contributed by atoms with van der Waals surface area (Å²) in [7, 11) is 2.46. The number of ether oxygens (including phenoxy) is 1. The Hall–Kier alpha value is -1.19. The van der Waals surface area contributed by atoms with Gasteiger partial charge in [0.15, 0.2) is 4.77 Å². The van der Waals surface area contributed by atoms with Crippen molar-refractivity contribution in [3.05, 3.63) is 44.6 Å². The molecule has 2 aromatic rings. The van der Waals surface area contributed by atoms with Gasteiger partial charge in [0, 0.05) is 45.8 Å². The molecule has 2 rings (SSSR count). The zero-order valence-corrected chi connectivity index (χ0v) is 16.7. The van der Waals surface area contributed by atoms with Crippen molar-refractivity contribution in [3.8, 4) is 11.4 Å². The normalized spacial score (nSPS) is 11.1. The Bertz CT molecular complexity index is 891. The quantitative estimate of drug-likeness (QED) is 0.450. The number of nitrogens with zero attached hydrogens (tertiary/aromatic N) is 2. The molecule has 5 nitrogen and oxygen atoms in total. The number of hydrogen-bond donors (Lipinski definition) is 1. The van der Waals surface area contributed by atoms with Crippen LogP contribution in [0.15, 0.2) is 16.9 Å². The summed E-state index contributed by atoms with van der Waals surface area (Å²) >= 11 is 5.01. The fourth-order valence-corrected chi connectivity index (χ4v) is 2.38. The summed E-state index contributed by atoms with van der Waals surface area (Å²) in [5, 5.41) is 0. The van der Waals surface area contributed by atoms with Gasteiger partial charge in [-0.1, -0.05) is 6.92 Å². The first-order valence-corrected chi connectivity index (χ1v) is 6.75. The standard InChI is InChI=1S/C14H13F3N3O2S.Y/c1-7-4-5-8(12(22-3)11(7)18)20-10(21)6-9(14(15,16)17)19(2)13(20)23;/h4,6H,18H2,1-3H3;/q-1;. The summed E-state index contributed by atoms with van der Waals surface area (Å²) in [6.07, 6.45) is -4.69. The third kappa shape index (κ3) is 3.57. The van der Waals surface area contributed by atoms with E-state index < -0.39 is 17.4 Å². The molecular weight excluding hydrogens is 420 g/mol. The number of benzene rings is 1. The molecule has 127 valence electrons. The van der Waals surface area contributed by atoms with Crippen molar-refractivity contribution >= 4 is 17.9 Å². The number of hydrogen-bond acceptors (Lipinski definition) is 4. The number of rotatable bonds is 2. The van der Waals surface area contributed by atoms with E-state index in [4.69, 9.17) is 22.7 Å². The van der Waals surface area contributed by atoms with Gasteiger partial charge in [0.1, 0.15) is 5.69 Å². The van der Waals surface area contributed by atoms with Gasteiger partial charge in [0.05, 0.1) is 12.9 Å². The molecule has 1 aromatic carbocycles. The fourth-order valence-electron chi connectivity index (χ4n) is 2.10. The van der Waals surface area contributed by atoms with E-state index >= 15 is 0 Å². The van der Waals surface area contributed by atoms with Crippen molar-refractivity contribution in [2.45, 2.75) is 13.1 Å². The van der Waals surface area contributed by atoms with E-state index in [1.165, 1.54) is 13.2 Å². The van der Waals surface area contributed by atoms with Gasteiger partial charge in [-0.15, -0.1) is 5.56 Å². The van der Waals surface area contributed by atoms with Crippen LogP contribution in [0.25, 0.3) is 5.69 Å². The topological polar surface area (TPSA) is 62.2 Å². The average molecular weight is 433 g/mol. The Morgan fingerprint density at radius 2 is 1.96 bits per heavy atom. The van der Waals surface area contributed by atoms with Crippen LogP contribution >= 0.6 is 12.2 Å². The summed E-state index contributed by atoms with van der Waals surface area (Å²) in [5.41, 5.74) is 4.78. The molecule has 0 aliphatic carbocycles. The van der Waals surface area contributed by atoms with Gasteiger partial charge in [-0.25, -0.2) is 0 Å². The van der Waals surface area contributed by atoms with E-state index in [0.717, 1.165) is 11.6 Å². The maximum absolute atomic E-state index is 12.9. The molecule has 0 aliphatic heterocycles. The minimum Gasteiger partial charge on any atom is -0.550 e. The SMILES string of the molecule is COc1c(-n2c(=O)cc(C(F)(F)F)n(C)c2=S)[c-]cc(C)c1N.[Y]. The average Bonchev–Trinajstić information content (AvgIpc) is 2.45. The number of aromatic nitrogens is 2. The first-order chi connectivity index (χ1) is 10.6. The number of nitrogen functional groups attached to an aromatic ring is 1. The molecule has 1 heterocycles. The molecule has 0 unspecified atom stereocenters. The summed E-state index contributed by atoms with van der Waals surface area (Å²) in [6.45, 7) is 1.71. The summed E-state index contributed by atoms with van der Waals surface area (Å²) < 4.78 is 45.2. The zero-order chi connectivity index (χ0) is 17.5. The molecule has 0 atom stereocenters. The maximum atomic E-state index is 12.9. The smallest absolute Gasteiger partial charge is 0.431 e. The molecule has 0 spiro atoms. The first-order valence-electron chi connectivity index (χ1n) is 6.35. The van der Waals surface area contributed by atoms with Gasteiger partial charge in [0.25, 0.3) is 5.56 Å². The Labute approximate surface area is 166 Å². The second-order valence-corrected chi connectivity index (χ2v) is 5.17. The van der Waals surface area contributed by atoms with E-state index in [1.807, 2.05) is 0 Å². The molecular formula is C14H13F3N3O2SY-. The van der Waals surface area contributed by atoms with Gasteiger partial charge in [-0.05, 0) is 23.6 Å². The van der Waals surface area contributed by atoms with Crippen molar-refractivity contribution in [2.75, 3.05) is 12.8 Å². The molecule has 0 amide bonds. The van der Waals surface area contributed by atoms with Crippen LogP contribution in [-0.2, 0) is 45.9 Å². The van der Waals surface area contributed by atoms with Crippen molar-refractivity contribution in [2.24, 2.45) is 7.05 Å². The van der Waals surface area contributed by atoms with E-state index in [0.29, 0.717) is 16.2 Å². The Balaban J connectivity index is 0.00000288. The van der Waals surface area contributed by atoms with E-state index in [2.05, 4.69) is 6.07 Å². The number of alkyl halides is 3. The molecule has 0 aliphatic rings. The summed E-state index contributed by atoms with van der Waals surface area (Å²) in [4.78, 5) is 12.2. The fraction of sp³-hybridized carbons (Fsp3) is 0.286. The Morgan fingerprint density at radius 3 is 2.46 bits per heavy atom. The van der Waals surface area contributed by atoms with Crippen molar-refractivity contribution in [3.63, 3.8) is 0 Å². The van der Waals surface area contributed by atoms with Crippen LogP contribution in [0.3, 0.4) is 0 Å². The molecule has 1 radical (unpaired) electrons. The molecule has 1 aromatic heterocycles. The third-order valence-electron chi connectivity index (χ3n) is 3.35. The molecule has 0 bridgehead atoms. The first kappa shape index (κ1) is 20.9. The van der Waals surface area contributed by atoms with Crippen LogP contribution in [0.4, 0.5) is 18.9 Å². The van der Waals surface area contributed by atoms with E-state index in [9.17, 15) is 18.0 Å². The van der Waals surface area contributed by atoms with Crippen LogP contribution in [0.1, 0.15) is 11.3 Å². The van der Waals surface area contributed by atoms with E-state index in [-0.39, 0.29) is 54.6 Å². The third-order valence-corrected chi connectivity index (χ3v) is 3.80. The number of nitrogens with two attached hydrogens (primary N) is 1. The minimum absolute atomic E-state index is 0. The minimum atomic E-state index is -4.69. The second kappa shape index (κ2) is 7.37. The summed E-state index contributed by atoms with van der Waals surface area (Å²) in [5.74, 6) is 0.123. The number of methoxy groups -OCH3 is 1. The van der Waals surface area contributed by atoms with Crippen molar-refractivity contribution in [1.82, 2.24) is 9.13 Å². The van der Waals surface area contributed by atoms with Gasteiger partial charge < -0.3 is 15.0 Å². The predicted octanol–water partition coefficient (Wildman–Crippen LogP) is 2.62. The molecule has 0 saturated carbocycles. The molecule has 24 heavy (non-hydrogen) atoms. The van der Waals surface area contributed by atoms with Crippen LogP contribution < -0.4 is 16.0 Å².